The van der Waals surface area contributed by atoms with E-state index in [-0.39, 0.29) is 36.5 Å². The van der Waals surface area contributed by atoms with Gasteiger partial charge >= 0.3 is 11.9 Å². The first-order chi connectivity index (χ1) is 13.9. The molecular formula is C22H28O7. The molecular weight excluding hydrogens is 376 g/mol. The molecule has 29 heavy (non-hydrogen) atoms. The third-order valence-corrected chi connectivity index (χ3v) is 8.29. The van der Waals surface area contributed by atoms with Gasteiger partial charge in [0.25, 0.3) is 0 Å². The van der Waals surface area contributed by atoms with Crippen LogP contribution in [0.5, 0.6) is 0 Å². The molecule has 0 aromatic carbocycles. The first kappa shape index (κ1) is 19.1. The van der Waals surface area contributed by atoms with Gasteiger partial charge in [-0.3, -0.25) is 9.59 Å². The molecule has 0 amide bonds. The predicted octanol–water partition coefficient (Wildman–Crippen LogP) is 2.77. The Balaban J connectivity index is 1.59. The molecule has 4 aliphatic rings. The highest BCUT2D eigenvalue weighted by molar-refractivity contribution is 5.81. The molecule has 1 unspecified atom stereocenters. The monoisotopic (exact) mass is 404 g/mol. The largest absolute Gasteiger partial charge is 0.472 e. The fraction of sp³-hybridized carbons (Fsp3) is 0.727. The van der Waals surface area contributed by atoms with Crippen LogP contribution < -0.4 is 0 Å². The molecule has 5 rings (SSSR count). The van der Waals surface area contributed by atoms with Crippen LogP contribution in [0.1, 0.15) is 57.6 Å². The third-order valence-electron chi connectivity index (χ3n) is 8.29. The molecule has 0 bridgehead atoms. The van der Waals surface area contributed by atoms with Crippen LogP contribution in [0.25, 0.3) is 0 Å². The van der Waals surface area contributed by atoms with Crippen molar-refractivity contribution in [1.29, 1.82) is 0 Å². The second-order valence-electron chi connectivity index (χ2n) is 9.40. The summed E-state index contributed by atoms with van der Waals surface area (Å²) in [6.07, 6.45) is 5.65. The van der Waals surface area contributed by atoms with Crippen LogP contribution in [-0.4, -0.2) is 42.0 Å². The van der Waals surface area contributed by atoms with E-state index in [0.29, 0.717) is 19.4 Å². The van der Waals surface area contributed by atoms with Gasteiger partial charge in [0.15, 0.2) is 0 Å². The number of rotatable bonds is 3. The molecule has 2 saturated carbocycles. The number of esters is 2. The summed E-state index contributed by atoms with van der Waals surface area (Å²) in [5, 5.41) is 11.4. The first-order valence-corrected chi connectivity index (χ1v) is 10.5. The number of aliphatic hydroxyl groups excluding tert-OH is 1. The van der Waals surface area contributed by atoms with Gasteiger partial charge in [0.1, 0.15) is 18.3 Å². The van der Waals surface area contributed by atoms with E-state index in [4.69, 9.17) is 18.6 Å². The third kappa shape index (κ3) is 2.43. The van der Waals surface area contributed by atoms with Crippen molar-refractivity contribution in [2.24, 2.45) is 22.7 Å². The average Bonchev–Trinajstić information content (AvgIpc) is 3.12. The highest BCUT2D eigenvalue weighted by Crippen LogP contribution is 2.70. The van der Waals surface area contributed by atoms with E-state index in [2.05, 4.69) is 0 Å². The molecule has 1 aromatic heterocycles. The lowest BCUT2D eigenvalue weighted by atomic mass is 9.42. The van der Waals surface area contributed by atoms with Crippen LogP contribution >= 0.6 is 0 Å². The predicted molar refractivity (Wildman–Crippen MR) is 99.5 cm³/mol. The Kier molecular flexibility index (Phi) is 4.17. The lowest BCUT2D eigenvalue weighted by molar-refractivity contribution is -0.219. The maximum absolute atomic E-state index is 13.5. The van der Waals surface area contributed by atoms with Crippen molar-refractivity contribution in [2.45, 2.75) is 63.8 Å². The van der Waals surface area contributed by atoms with Crippen molar-refractivity contribution in [2.75, 3.05) is 13.2 Å². The van der Waals surface area contributed by atoms with E-state index in [9.17, 15) is 14.7 Å². The number of hydrogen-bond donors (Lipinski definition) is 1. The summed E-state index contributed by atoms with van der Waals surface area (Å²) in [7, 11) is 0. The number of carbonyl (C=O) groups excluding carboxylic acids is 2. The molecule has 1 aromatic rings. The molecule has 158 valence electrons. The second kappa shape index (κ2) is 6.32. The number of aliphatic hydroxyl groups is 1. The standard InChI is InChI=1S/C22H28O7/c1-13-8-18(24)22(12-27-14(2)23)17(4-3-6-20(22)11-28-20)21(13)9-16(29-19(21)25)15-5-7-26-10-15/h5,7,10,13,16-18,24H,3-4,6,8-9,11-12H2,1-2H3/t13-,16+,17?,18+,20+,21-,22+/m1/s1. The van der Waals surface area contributed by atoms with Gasteiger partial charge in [-0.15, -0.1) is 0 Å². The SMILES string of the molecule is CC(=O)OC[C@@]12C(CCC[C@]13CO3)[C@@]1(C[C@@H](c3ccoc3)OC1=O)[C@H](C)C[C@@H]2O. The number of cyclic esters (lactones) is 1. The molecule has 4 fully saturated rings. The zero-order chi connectivity index (χ0) is 20.4. The first-order valence-electron chi connectivity index (χ1n) is 10.5. The van der Waals surface area contributed by atoms with E-state index < -0.39 is 22.5 Å². The second-order valence-corrected chi connectivity index (χ2v) is 9.40. The van der Waals surface area contributed by atoms with Crippen LogP contribution in [0.2, 0.25) is 0 Å². The summed E-state index contributed by atoms with van der Waals surface area (Å²) in [6.45, 7) is 4.02. The quantitative estimate of drug-likeness (QED) is 0.611. The van der Waals surface area contributed by atoms with Crippen LogP contribution in [0.4, 0.5) is 0 Å². The highest BCUT2D eigenvalue weighted by Gasteiger charge is 2.77. The maximum atomic E-state index is 13.5. The number of fused-ring (bicyclic) bond motifs is 3. The van der Waals surface area contributed by atoms with E-state index in [0.717, 1.165) is 24.8 Å². The number of hydrogen-bond acceptors (Lipinski definition) is 7. The summed E-state index contributed by atoms with van der Waals surface area (Å²) in [5.41, 5.74) is -1.19. The molecule has 0 radical (unpaired) electrons. The van der Waals surface area contributed by atoms with Crippen LogP contribution in [0.3, 0.4) is 0 Å². The Morgan fingerprint density at radius 2 is 2.21 bits per heavy atom. The maximum Gasteiger partial charge on any atom is 0.313 e. The normalized spacial score (nSPS) is 45.8. The average molecular weight is 404 g/mol. The molecule has 2 aliphatic carbocycles. The lowest BCUT2D eigenvalue weighted by Crippen LogP contribution is -2.67. The molecule has 7 heteroatoms. The number of furan rings is 1. The lowest BCUT2D eigenvalue weighted by Gasteiger charge is -2.60. The van der Waals surface area contributed by atoms with Gasteiger partial charge < -0.3 is 23.7 Å². The Morgan fingerprint density at radius 3 is 2.86 bits per heavy atom. The van der Waals surface area contributed by atoms with Gasteiger partial charge in [-0.2, -0.15) is 0 Å². The van der Waals surface area contributed by atoms with E-state index in [1.807, 2.05) is 13.0 Å². The Labute approximate surface area is 169 Å². The van der Waals surface area contributed by atoms with E-state index in [1.165, 1.54) is 6.92 Å². The summed E-state index contributed by atoms with van der Waals surface area (Å²) in [6, 6.07) is 1.83. The van der Waals surface area contributed by atoms with Gasteiger partial charge in [-0.25, -0.2) is 0 Å². The smallest absolute Gasteiger partial charge is 0.313 e. The van der Waals surface area contributed by atoms with Crippen molar-refractivity contribution in [3.8, 4) is 0 Å². The van der Waals surface area contributed by atoms with Gasteiger partial charge in [-0.05, 0) is 37.2 Å². The van der Waals surface area contributed by atoms with Crippen LogP contribution in [0.15, 0.2) is 23.0 Å². The molecule has 2 spiro atoms. The molecule has 7 atom stereocenters. The number of ether oxygens (including phenoxy) is 3. The highest BCUT2D eigenvalue weighted by atomic mass is 16.6. The molecule has 2 saturated heterocycles. The Morgan fingerprint density at radius 1 is 1.41 bits per heavy atom. The van der Waals surface area contributed by atoms with Crippen LogP contribution in [0, 0.1) is 22.7 Å². The molecule has 1 N–H and O–H groups in total. The number of epoxide rings is 1. The minimum absolute atomic E-state index is 0.0498. The molecule has 7 nitrogen and oxygen atoms in total. The van der Waals surface area contributed by atoms with Crippen molar-refractivity contribution >= 4 is 11.9 Å². The fourth-order valence-electron chi connectivity index (χ4n) is 6.80. The zero-order valence-electron chi connectivity index (χ0n) is 16.9. The topological polar surface area (TPSA) is 98.5 Å². The summed E-state index contributed by atoms with van der Waals surface area (Å²) in [4.78, 5) is 25.2. The van der Waals surface area contributed by atoms with Crippen LogP contribution in [-0.2, 0) is 23.8 Å². The molecule has 2 aliphatic heterocycles. The van der Waals surface area contributed by atoms with E-state index >= 15 is 0 Å². The fourth-order valence-corrected chi connectivity index (χ4v) is 6.80. The minimum atomic E-state index is -0.784. The number of carbonyl (C=O) groups is 2. The van der Waals surface area contributed by atoms with Crippen molar-refractivity contribution in [3.05, 3.63) is 24.2 Å². The van der Waals surface area contributed by atoms with Gasteiger partial charge in [0.05, 0.1) is 36.1 Å². The minimum Gasteiger partial charge on any atom is -0.472 e. The van der Waals surface area contributed by atoms with Gasteiger partial charge in [0, 0.05) is 18.9 Å². The Bertz CT molecular complexity index is 813. The van der Waals surface area contributed by atoms with Crippen molar-refractivity contribution < 1.29 is 33.3 Å². The zero-order valence-corrected chi connectivity index (χ0v) is 16.9. The van der Waals surface area contributed by atoms with Gasteiger partial charge in [-0.1, -0.05) is 13.3 Å². The summed E-state index contributed by atoms with van der Waals surface area (Å²) < 4.78 is 22.6. The van der Waals surface area contributed by atoms with Crippen molar-refractivity contribution in [1.82, 2.24) is 0 Å². The van der Waals surface area contributed by atoms with Crippen molar-refractivity contribution in [3.63, 3.8) is 0 Å². The Hall–Kier alpha value is -1.86. The molecule has 3 heterocycles. The summed E-state index contributed by atoms with van der Waals surface area (Å²) in [5.74, 6) is -0.817. The van der Waals surface area contributed by atoms with Gasteiger partial charge in [0.2, 0.25) is 0 Å². The van der Waals surface area contributed by atoms with E-state index in [1.54, 1.807) is 12.5 Å². The summed E-state index contributed by atoms with van der Waals surface area (Å²) >= 11 is 0.